The van der Waals surface area contributed by atoms with Gasteiger partial charge in [-0.25, -0.2) is 4.39 Å². The van der Waals surface area contributed by atoms with Crippen LogP contribution in [0.25, 0.3) is 0 Å². The summed E-state index contributed by atoms with van der Waals surface area (Å²) in [5.74, 6) is -0.287. The Kier molecular flexibility index (Phi) is 4.63. The number of pyridine rings is 1. The van der Waals surface area contributed by atoms with Crippen LogP contribution in [0.5, 0.6) is 0 Å². The molecule has 0 aliphatic heterocycles. The van der Waals surface area contributed by atoms with Crippen LogP contribution in [-0.4, -0.2) is 11.5 Å². The smallest absolute Gasteiger partial charge is 0.141 e. The Morgan fingerprint density at radius 1 is 1.26 bits per heavy atom. The van der Waals surface area contributed by atoms with Gasteiger partial charge in [0.25, 0.3) is 0 Å². The number of rotatable bonds is 5. The lowest BCUT2D eigenvalue weighted by atomic mass is 9.99. The van der Waals surface area contributed by atoms with E-state index in [1.54, 1.807) is 12.3 Å². The summed E-state index contributed by atoms with van der Waals surface area (Å²) in [7, 11) is 0. The first-order chi connectivity index (χ1) is 9.19. The second-order valence-corrected chi connectivity index (χ2v) is 4.74. The molecule has 0 aliphatic rings. The van der Waals surface area contributed by atoms with E-state index in [1.807, 2.05) is 0 Å². The number of benzene rings is 1. The summed E-state index contributed by atoms with van der Waals surface area (Å²) < 4.78 is 13.3. The van der Waals surface area contributed by atoms with Gasteiger partial charge in [-0.05, 0) is 37.1 Å². The van der Waals surface area contributed by atoms with Crippen LogP contribution in [0.3, 0.4) is 0 Å². The Morgan fingerprint density at radius 3 is 2.79 bits per heavy atom. The first kappa shape index (κ1) is 13.7. The highest BCUT2D eigenvalue weighted by molar-refractivity contribution is 5.25. The number of nitrogens with one attached hydrogen (secondary N) is 1. The molecule has 3 heteroatoms. The second-order valence-electron chi connectivity index (χ2n) is 4.74. The largest absolute Gasteiger partial charge is 0.310 e. The van der Waals surface area contributed by atoms with E-state index in [9.17, 15) is 4.39 Å². The zero-order chi connectivity index (χ0) is 13.7. The molecule has 1 heterocycles. The third-order valence-electron chi connectivity index (χ3n) is 3.10. The lowest BCUT2D eigenvalue weighted by molar-refractivity contribution is 0.539. The van der Waals surface area contributed by atoms with Crippen LogP contribution >= 0.6 is 0 Å². The standard InChI is InChI=1S/C16H19FN2/c1-3-19-16(14-9-15(17)11-18-10-14)8-13-6-4-5-12(2)7-13/h4-7,9-11,16,19H,3,8H2,1-2H3. The minimum absolute atomic E-state index is 0.0926. The highest BCUT2D eigenvalue weighted by atomic mass is 19.1. The van der Waals surface area contributed by atoms with E-state index in [0.717, 1.165) is 18.5 Å². The van der Waals surface area contributed by atoms with E-state index in [4.69, 9.17) is 0 Å². The molecule has 1 aromatic heterocycles. The number of halogens is 1. The van der Waals surface area contributed by atoms with E-state index in [2.05, 4.69) is 48.4 Å². The highest BCUT2D eigenvalue weighted by Gasteiger charge is 2.12. The van der Waals surface area contributed by atoms with Crippen molar-refractivity contribution in [1.29, 1.82) is 0 Å². The molecule has 0 spiro atoms. The van der Waals surface area contributed by atoms with Gasteiger partial charge in [0.05, 0.1) is 6.20 Å². The van der Waals surface area contributed by atoms with Crippen LogP contribution in [0.1, 0.15) is 29.7 Å². The molecule has 2 nitrogen and oxygen atoms in total. The Hall–Kier alpha value is -1.74. The van der Waals surface area contributed by atoms with Crippen molar-refractivity contribution < 1.29 is 4.39 Å². The molecule has 0 saturated heterocycles. The molecule has 0 aliphatic carbocycles. The number of aromatic nitrogens is 1. The van der Waals surface area contributed by atoms with Gasteiger partial charge in [-0.3, -0.25) is 4.98 Å². The fourth-order valence-corrected chi connectivity index (χ4v) is 2.25. The van der Waals surface area contributed by atoms with Crippen molar-refractivity contribution in [3.8, 4) is 0 Å². The van der Waals surface area contributed by atoms with Gasteiger partial charge in [-0.2, -0.15) is 0 Å². The maximum atomic E-state index is 13.3. The number of nitrogens with zero attached hydrogens (tertiary/aromatic N) is 1. The van der Waals surface area contributed by atoms with E-state index in [-0.39, 0.29) is 11.9 Å². The first-order valence-corrected chi connectivity index (χ1v) is 6.58. The van der Waals surface area contributed by atoms with E-state index >= 15 is 0 Å². The maximum absolute atomic E-state index is 13.3. The van der Waals surface area contributed by atoms with Crippen molar-refractivity contribution in [2.45, 2.75) is 26.3 Å². The zero-order valence-electron chi connectivity index (χ0n) is 11.4. The Labute approximate surface area is 113 Å². The Bertz CT molecular complexity index is 540. The van der Waals surface area contributed by atoms with Crippen molar-refractivity contribution in [3.63, 3.8) is 0 Å². The molecule has 0 radical (unpaired) electrons. The number of hydrogen-bond acceptors (Lipinski definition) is 2. The van der Waals surface area contributed by atoms with Crippen molar-refractivity contribution in [2.24, 2.45) is 0 Å². The zero-order valence-corrected chi connectivity index (χ0v) is 11.4. The average molecular weight is 258 g/mol. The topological polar surface area (TPSA) is 24.9 Å². The predicted molar refractivity (Wildman–Crippen MR) is 75.5 cm³/mol. The fraction of sp³-hybridized carbons (Fsp3) is 0.312. The van der Waals surface area contributed by atoms with Crippen molar-refractivity contribution in [3.05, 3.63) is 65.2 Å². The lowest BCUT2D eigenvalue weighted by Crippen LogP contribution is -2.23. The summed E-state index contributed by atoms with van der Waals surface area (Å²) in [6.45, 7) is 4.97. The summed E-state index contributed by atoms with van der Waals surface area (Å²) >= 11 is 0. The van der Waals surface area contributed by atoms with Gasteiger partial charge in [0.2, 0.25) is 0 Å². The van der Waals surface area contributed by atoms with Crippen LogP contribution in [0.4, 0.5) is 4.39 Å². The van der Waals surface area contributed by atoms with Gasteiger partial charge in [-0.1, -0.05) is 36.8 Å². The van der Waals surface area contributed by atoms with E-state index in [1.165, 1.54) is 17.3 Å². The molecule has 1 aromatic carbocycles. The molecule has 1 N–H and O–H groups in total. The molecule has 2 aromatic rings. The van der Waals surface area contributed by atoms with Gasteiger partial charge < -0.3 is 5.32 Å². The second kappa shape index (κ2) is 6.43. The summed E-state index contributed by atoms with van der Waals surface area (Å²) in [4.78, 5) is 3.93. The third kappa shape index (κ3) is 3.86. The molecular weight excluding hydrogens is 239 g/mol. The van der Waals surface area contributed by atoms with Gasteiger partial charge in [-0.15, -0.1) is 0 Å². The average Bonchev–Trinajstić information content (AvgIpc) is 2.38. The number of likely N-dealkylation sites (N-methyl/N-ethyl adjacent to an activating group) is 1. The quantitative estimate of drug-likeness (QED) is 0.888. The molecular formula is C16H19FN2. The van der Waals surface area contributed by atoms with E-state index in [0.29, 0.717) is 0 Å². The van der Waals surface area contributed by atoms with Gasteiger partial charge >= 0.3 is 0 Å². The summed E-state index contributed by atoms with van der Waals surface area (Å²) in [6, 6.07) is 10.0. The van der Waals surface area contributed by atoms with Crippen LogP contribution in [0.15, 0.2) is 42.7 Å². The van der Waals surface area contributed by atoms with Crippen LogP contribution in [0.2, 0.25) is 0 Å². The Morgan fingerprint density at radius 2 is 2.11 bits per heavy atom. The molecule has 1 atom stereocenters. The van der Waals surface area contributed by atoms with Gasteiger partial charge in [0, 0.05) is 12.2 Å². The SMILES string of the molecule is CCNC(Cc1cccc(C)c1)c1cncc(F)c1. The van der Waals surface area contributed by atoms with Crippen molar-refractivity contribution in [2.75, 3.05) is 6.54 Å². The van der Waals surface area contributed by atoms with E-state index < -0.39 is 0 Å². The summed E-state index contributed by atoms with van der Waals surface area (Å²) in [5, 5.41) is 3.39. The monoisotopic (exact) mass is 258 g/mol. The fourth-order valence-electron chi connectivity index (χ4n) is 2.25. The van der Waals surface area contributed by atoms with Crippen molar-refractivity contribution in [1.82, 2.24) is 10.3 Å². The minimum Gasteiger partial charge on any atom is -0.310 e. The molecule has 0 amide bonds. The van der Waals surface area contributed by atoms with Gasteiger partial charge in [0.1, 0.15) is 5.82 Å². The maximum Gasteiger partial charge on any atom is 0.141 e. The summed E-state index contributed by atoms with van der Waals surface area (Å²) in [6.07, 6.45) is 3.80. The summed E-state index contributed by atoms with van der Waals surface area (Å²) in [5.41, 5.74) is 3.38. The highest BCUT2D eigenvalue weighted by Crippen LogP contribution is 2.19. The molecule has 0 saturated carbocycles. The molecule has 0 bridgehead atoms. The molecule has 0 fully saturated rings. The first-order valence-electron chi connectivity index (χ1n) is 6.58. The van der Waals surface area contributed by atoms with Crippen LogP contribution < -0.4 is 5.32 Å². The van der Waals surface area contributed by atoms with Crippen molar-refractivity contribution >= 4 is 0 Å². The lowest BCUT2D eigenvalue weighted by Gasteiger charge is -2.18. The normalized spacial score (nSPS) is 12.4. The molecule has 100 valence electrons. The Balaban J connectivity index is 2.21. The third-order valence-corrected chi connectivity index (χ3v) is 3.10. The molecule has 2 rings (SSSR count). The van der Waals surface area contributed by atoms with Gasteiger partial charge in [0.15, 0.2) is 0 Å². The molecule has 1 unspecified atom stereocenters. The minimum atomic E-state index is -0.287. The van der Waals surface area contributed by atoms with Crippen LogP contribution in [-0.2, 0) is 6.42 Å². The number of hydrogen-bond donors (Lipinski definition) is 1. The molecule has 19 heavy (non-hydrogen) atoms. The predicted octanol–water partition coefficient (Wildman–Crippen LogP) is 3.42. The van der Waals surface area contributed by atoms with Crippen LogP contribution in [0, 0.1) is 12.7 Å². The number of aryl methyl sites for hydroxylation is 1.